The summed E-state index contributed by atoms with van der Waals surface area (Å²) in [6.07, 6.45) is 3.79. The van der Waals surface area contributed by atoms with E-state index in [0.717, 1.165) is 69.1 Å². The van der Waals surface area contributed by atoms with Gasteiger partial charge < -0.3 is 20.1 Å². The van der Waals surface area contributed by atoms with Crippen molar-refractivity contribution in [1.29, 1.82) is 0 Å². The third kappa shape index (κ3) is 8.23. The number of hydrogen-bond acceptors (Lipinski definition) is 4. The normalized spacial score (nSPS) is 18.9. The Bertz CT molecular complexity index is 661. The van der Waals surface area contributed by atoms with E-state index in [1.807, 2.05) is 0 Å². The highest BCUT2D eigenvalue weighted by atomic mass is 127. The van der Waals surface area contributed by atoms with Crippen LogP contribution in [0.15, 0.2) is 23.2 Å². The first-order valence-electron chi connectivity index (χ1n) is 11.3. The lowest BCUT2D eigenvalue weighted by Crippen LogP contribution is -2.42. The van der Waals surface area contributed by atoms with E-state index >= 15 is 0 Å². The van der Waals surface area contributed by atoms with Crippen LogP contribution in [-0.2, 0) is 11.3 Å². The molecule has 170 valence electrons. The zero-order valence-electron chi connectivity index (χ0n) is 18.8. The van der Waals surface area contributed by atoms with Gasteiger partial charge >= 0.3 is 0 Å². The standard InChI is InChI=1S/C23H38N4O2.HI/c1-4-24-23(25-11-12-27(5-2)21-8-9-21)26-15-20-7-6-18(3)14-22(20)29-17-19-10-13-28-16-19;/h6-7,14,19,21H,4-5,8-13,15-17H2,1-3H3,(H2,24,25,26);1H. The van der Waals surface area contributed by atoms with Crippen molar-refractivity contribution < 1.29 is 9.47 Å². The molecule has 1 aliphatic carbocycles. The lowest BCUT2D eigenvalue weighted by atomic mass is 10.1. The number of aryl methyl sites for hydroxylation is 1. The monoisotopic (exact) mass is 530 g/mol. The number of benzene rings is 1. The minimum Gasteiger partial charge on any atom is -0.493 e. The molecule has 0 amide bonds. The zero-order valence-corrected chi connectivity index (χ0v) is 21.1. The highest BCUT2D eigenvalue weighted by Gasteiger charge is 2.27. The largest absolute Gasteiger partial charge is 0.493 e. The molecule has 1 aromatic rings. The van der Waals surface area contributed by atoms with E-state index in [4.69, 9.17) is 14.5 Å². The summed E-state index contributed by atoms with van der Waals surface area (Å²) in [4.78, 5) is 7.36. The highest BCUT2D eigenvalue weighted by Crippen LogP contribution is 2.26. The van der Waals surface area contributed by atoms with Gasteiger partial charge in [-0.3, -0.25) is 4.90 Å². The van der Waals surface area contributed by atoms with Gasteiger partial charge in [0.15, 0.2) is 5.96 Å². The van der Waals surface area contributed by atoms with Gasteiger partial charge in [0, 0.05) is 43.8 Å². The summed E-state index contributed by atoms with van der Waals surface area (Å²) in [5, 5.41) is 6.85. The lowest BCUT2D eigenvalue weighted by molar-refractivity contribution is 0.166. The Hall–Kier alpha value is -1.06. The molecule has 0 bridgehead atoms. The predicted molar refractivity (Wildman–Crippen MR) is 134 cm³/mol. The molecule has 6 nitrogen and oxygen atoms in total. The summed E-state index contributed by atoms with van der Waals surface area (Å²) in [6, 6.07) is 7.19. The smallest absolute Gasteiger partial charge is 0.191 e. The molecule has 1 unspecified atom stereocenters. The first kappa shape index (κ1) is 25.2. The third-order valence-electron chi connectivity index (χ3n) is 5.63. The fraction of sp³-hybridized carbons (Fsp3) is 0.696. The Kier molecular flexibility index (Phi) is 11.2. The Morgan fingerprint density at radius 2 is 2.07 bits per heavy atom. The summed E-state index contributed by atoms with van der Waals surface area (Å²) >= 11 is 0. The van der Waals surface area contributed by atoms with Crippen LogP contribution in [0.1, 0.15) is 44.2 Å². The molecule has 1 saturated heterocycles. The predicted octanol–water partition coefficient (Wildman–Crippen LogP) is 3.57. The van der Waals surface area contributed by atoms with Gasteiger partial charge in [-0.05, 0) is 51.3 Å². The number of guanidine groups is 1. The van der Waals surface area contributed by atoms with Gasteiger partial charge in [-0.1, -0.05) is 19.1 Å². The minimum absolute atomic E-state index is 0. The van der Waals surface area contributed by atoms with Crippen LogP contribution in [0.2, 0.25) is 0 Å². The van der Waals surface area contributed by atoms with Crippen molar-refractivity contribution in [2.75, 3.05) is 46.0 Å². The SMILES string of the molecule is CCNC(=NCc1ccc(C)cc1OCC1CCOC1)NCCN(CC)C1CC1.I. The van der Waals surface area contributed by atoms with E-state index in [1.54, 1.807) is 0 Å². The van der Waals surface area contributed by atoms with Crippen LogP contribution < -0.4 is 15.4 Å². The molecule has 2 aliphatic rings. The van der Waals surface area contributed by atoms with Crippen molar-refractivity contribution in [3.05, 3.63) is 29.3 Å². The number of halogens is 1. The molecule has 2 N–H and O–H groups in total. The van der Waals surface area contributed by atoms with Crippen LogP contribution in [0.3, 0.4) is 0 Å². The summed E-state index contributed by atoms with van der Waals surface area (Å²) in [5.74, 6) is 2.32. The van der Waals surface area contributed by atoms with Crippen molar-refractivity contribution in [1.82, 2.24) is 15.5 Å². The van der Waals surface area contributed by atoms with Crippen LogP contribution in [-0.4, -0.2) is 62.9 Å². The maximum Gasteiger partial charge on any atom is 0.191 e. The van der Waals surface area contributed by atoms with E-state index in [0.29, 0.717) is 19.1 Å². The molecule has 0 aromatic heterocycles. The number of likely N-dealkylation sites (N-methyl/N-ethyl adjacent to an activating group) is 1. The molecule has 30 heavy (non-hydrogen) atoms. The maximum absolute atomic E-state index is 6.16. The van der Waals surface area contributed by atoms with Gasteiger partial charge in [0.25, 0.3) is 0 Å². The fourth-order valence-electron chi connectivity index (χ4n) is 3.71. The van der Waals surface area contributed by atoms with Crippen molar-refractivity contribution in [2.45, 2.75) is 52.6 Å². The average molecular weight is 530 g/mol. The second-order valence-corrected chi connectivity index (χ2v) is 8.13. The molecule has 0 spiro atoms. The Morgan fingerprint density at radius 1 is 1.23 bits per heavy atom. The quantitative estimate of drug-likeness (QED) is 0.260. The second-order valence-electron chi connectivity index (χ2n) is 8.13. The molecule has 7 heteroatoms. The molecular formula is C23H39IN4O2. The molecule has 1 atom stereocenters. The Balaban J connectivity index is 0.00000320. The molecule has 0 radical (unpaired) electrons. The van der Waals surface area contributed by atoms with Crippen LogP contribution in [0.5, 0.6) is 5.75 Å². The first-order valence-corrected chi connectivity index (χ1v) is 11.3. The topological polar surface area (TPSA) is 58.1 Å². The average Bonchev–Trinajstić information content (AvgIpc) is 3.43. The molecule has 1 aromatic carbocycles. The third-order valence-corrected chi connectivity index (χ3v) is 5.63. The Morgan fingerprint density at radius 3 is 2.73 bits per heavy atom. The molecular weight excluding hydrogens is 491 g/mol. The number of nitrogens with zero attached hydrogens (tertiary/aromatic N) is 2. The van der Waals surface area contributed by atoms with Gasteiger partial charge in [0.2, 0.25) is 0 Å². The van der Waals surface area contributed by atoms with Crippen LogP contribution >= 0.6 is 24.0 Å². The van der Waals surface area contributed by atoms with Crippen molar-refractivity contribution in [3.63, 3.8) is 0 Å². The summed E-state index contributed by atoms with van der Waals surface area (Å²) in [6.45, 7) is 13.4. The zero-order chi connectivity index (χ0) is 20.5. The van der Waals surface area contributed by atoms with E-state index in [1.165, 1.54) is 18.4 Å². The maximum atomic E-state index is 6.16. The summed E-state index contributed by atoms with van der Waals surface area (Å²) in [5.41, 5.74) is 2.33. The molecule has 3 rings (SSSR count). The molecule has 1 saturated carbocycles. The van der Waals surface area contributed by atoms with Gasteiger partial charge in [0.1, 0.15) is 5.75 Å². The van der Waals surface area contributed by atoms with E-state index in [-0.39, 0.29) is 24.0 Å². The number of ether oxygens (including phenoxy) is 2. The second kappa shape index (κ2) is 13.4. The van der Waals surface area contributed by atoms with Crippen molar-refractivity contribution in [3.8, 4) is 5.75 Å². The number of hydrogen-bond donors (Lipinski definition) is 2. The van der Waals surface area contributed by atoms with E-state index in [9.17, 15) is 0 Å². The van der Waals surface area contributed by atoms with Gasteiger partial charge in [-0.15, -0.1) is 24.0 Å². The molecule has 2 fully saturated rings. The minimum atomic E-state index is 0. The first-order chi connectivity index (χ1) is 14.2. The van der Waals surface area contributed by atoms with E-state index < -0.39 is 0 Å². The van der Waals surface area contributed by atoms with E-state index in [2.05, 4.69) is 54.5 Å². The highest BCUT2D eigenvalue weighted by molar-refractivity contribution is 14.0. The number of rotatable bonds is 11. The lowest BCUT2D eigenvalue weighted by Gasteiger charge is -2.21. The van der Waals surface area contributed by atoms with Crippen LogP contribution in [0, 0.1) is 12.8 Å². The van der Waals surface area contributed by atoms with Crippen molar-refractivity contribution >= 4 is 29.9 Å². The van der Waals surface area contributed by atoms with Gasteiger partial charge in [-0.2, -0.15) is 0 Å². The molecule has 1 aliphatic heterocycles. The molecule has 1 heterocycles. The van der Waals surface area contributed by atoms with Gasteiger partial charge in [0.05, 0.1) is 19.8 Å². The van der Waals surface area contributed by atoms with Gasteiger partial charge in [-0.25, -0.2) is 4.99 Å². The Labute approximate surface area is 199 Å². The number of aliphatic imine (C=N–C) groups is 1. The van der Waals surface area contributed by atoms with Crippen molar-refractivity contribution in [2.24, 2.45) is 10.9 Å². The summed E-state index contributed by atoms with van der Waals surface area (Å²) < 4.78 is 11.6. The van der Waals surface area contributed by atoms with Crippen LogP contribution in [0.25, 0.3) is 0 Å². The fourth-order valence-corrected chi connectivity index (χ4v) is 3.71. The summed E-state index contributed by atoms with van der Waals surface area (Å²) in [7, 11) is 0. The number of nitrogens with one attached hydrogen (secondary N) is 2. The van der Waals surface area contributed by atoms with Crippen LogP contribution in [0.4, 0.5) is 0 Å².